The van der Waals surface area contributed by atoms with Crippen LogP contribution >= 0.6 is 11.8 Å². The second-order valence-corrected chi connectivity index (χ2v) is 6.95. The molecule has 5 nitrogen and oxygen atoms in total. The Labute approximate surface area is 128 Å². The van der Waals surface area contributed by atoms with E-state index in [0.29, 0.717) is 24.2 Å². The summed E-state index contributed by atoms with van der Waals surface area (Å²) in [6.45, 7) is 5.69. The molecule has 1 aromatic rings. The van der Waals surface area contributed by atoms with Gasteiger partial charge < -0.3 is 14.8 Å². The lowest BCUT2D eigenvalue weighted by molar-refractivity contribution is -0.144. The zero-order chi connectivity index (χ0) is 15.6. The van der Waals surface area contributed by atoms with E-state index in [2.05, 4.69) is 5.32 Å². The van der Waals surface area contributed by atoms with Gasteiger partial charge in [0, 0.05) is 5.92 Å². The molecule has 0 aliphatic carbocycles. The minimum Gasteiger partial charge on any atom is -0.480 e. The first-order chi connectivity index (χ1) is 9.85. The van der Waals surface area contributed by atoms with E-state index in [1.54, 1.807) is 24.8 Å². The van der Waals surface area contributed by atoms with Crippen LogP contribution in [0.25, 0.3) is 0 Å². The van der Waals surface area contributed by atoms with Crippen molar-refractivity contribution in [2.24, 2.45) is 0 Å². The number of furan rings is 1. The van der Waals surface area contributed by atoms with Gasteiger partial charge in [-0.3, -0.25) is 4.79 Å². The van der Waals surface area contributed by atoms with Crippen molar-refractivity contribution >= 4 is 23.6 Å². The molecule has 1 aliphatic heterocycles. The van der Waals surface area contributed by atoms with Gasteiger partial charge in [0.05, 0.1) is 5.56 Å². The van der Waals surface area contributed by atoms with Crippen LogP contribution in [-0.4, -0.2) is 34.0 Å². The summed E-state index contributed by atoms with van der Waals surface area (Å²) in [5, 5.41) is 12.2. The fraction of sp³-hybridized carbons (Fsp3) is 0.600. The standard InChI is InChI=1S/C15H21NO4S/c1-9(2)12-8-11(10(3)20-12)13(17)16-15(14(18)19)4-6-21-7-5-15/h8-9H,4-7H2,1-3H3,(H,16,17)(H,18,19). The van der Waals surface area contributed by atoms with Gasteiger partial charge in [0.25, 0.3) is 5.91 Å². The lowest BCUT2D eigenvalue weighted by Crippen LogP contribution is -2.56. The van der Waals surface area contributed by atoms with Crippen LogP contribution in [0.1, 0.15) is 54.5 Å². The Kier molecular flexibility index (Phi) is 4.66. The first-order valence-electron chi connectivity index (χ1n) is 7.10. The van der Waals surface area contributed by atoms with Gasteiger partial charge in [0.1, 0.15) is 17.1 Å². The van der Waals surface area contributed by atoms with E-state index in [9.17, 15) is 14.7 Å². The Bertz CT molecular complexity index is 544. The van der Waals surface area contributed by atoms with E-state index >= 15 is 0 Å². The molecule has 21 heavy (non-hydrogen) atoms. The van der Waals surface area contributed by atoms with Gasteiger partial charge in [0.2, 0.25) is 0 Å². The van der Waals surface area contributed by atoms with E-state index in [0.717, 1.165) is 17.3 Å². The maximum Gasteiger partial charge on any atom is 0.329 e. The molecule has 2 heterocycles. The quantitative estimate of drug-likeness (QED) is 0.894. The molecule has 1 aliphatic rings. The highest BCUT2D eigenvalue weighted by Crippen LogP contribution is 2.29. The molecular formula is C15H21NO4S. The van der Waals surface area contributed by atoms with Crippen LogP contribution in [0.5, 0.6) is 0 Å². The SMILES string of the molecule is Cc1oc(C(C)C)cc1C(=O)NC1(C(=O)O)CCSCC1. The summed E-state index contributed by atoms with van der Waals surface area (Å²) in [6.07, 6.45) is 0.902. The van der Waals surface area contributed by atoms with Gasteiger partial charge in [-0.05, 0) is 37.3 Å². The summed E-state index contributed by atoms with van der Waals surface area (Å²) in [6, 6.07) is 1.71. The average molecular weight is 311 g/mol. The second-order valence-electron chi connectivity index (χ2n) is 5.73. The fourth-order valence-corrected chi connectivity index (χ4v) is 3.60. The summed E-state index contributed by atoms with van der Waals surface area (Å²) < 4.78 is 5.57. The molecule has 6 heteroatoms. The maximum atomic E-state index is 12.4. The molecule has 0 saturated carbocycles. The molecule has 0 aromatic carbocycles. The number of carbonyl (C=O) groups is 2. The summed E-state index contributed by atoms with van der Waals surface area (Å²) in [5.74, 6) is 1.62. The third-order valence-corrected chi connectivity index (χ3v) is 4.84. The molecule has 0 unspecified atom stereocenters. The maximum absolute atomic E-state index is 12.4. The van der Waals surface area contributed by atoms with Crippen LogP contribution in [0.15, 0.2) is 10.5 Å². The van der Waals surface area contributed by atoms with E-state index in [4.69, 9.17) is 4.42 Å². The average Bonchev–Trinajstić information content (AvgIpc) is 2.82. The normalized spacial score (nSPS) is 17.7. The number of amides is 1. The summed E-state index contributed by atoms with van der Waals surface area (Å²) in [5.41, 5.74) is -0.720. The third-order valence-electron chi connectivity index (χ3n) is 3.86. The molecule has 2 rings (SSSR count). The lowest BCUT2D eigenvalue weighted by atomic mass is 9.92. The fourth-order valence-electron chi connectivity index (χ4n) is 2.41. The first-order valence-corrected chi connectivity index (χ1v) is 8.25. The number of thioether (sulfide) groups is 1. The van der Waals surface area contributed by atoms with Gasteiger partial charge >= 0.3 is 5.97 Å². The van der Waals surface area contributed by atoms with Gasteiger partial charge in [-0.25, -0.2) is 4.79 Å². The number of hydrogen-bond donors (Lipinski definition) is 2. The number of rotatable bonds is 4. The summed E-state index contributed by atoms with van der Waals surface area (Å²) >= 11 is 1.72. The van der Waals surface area contributed by atoms with E-state index in [1.165, 1.54) is 0 Å². The Hall–Kier alpha value is -1.43. The van der Waals surface area contributed by atoms with Crippen molar-refractivity contribution < 1.29 is 19.1 Å². The summed E-state index contributed by atoms with van der Waals surface area (Å²) in [7, 11) is 0. The number of hydrogen-bond acceptors (Lipinski definition) is 4. The predicted molar refractivity (Wildman–Crippen MR) is 81.9 cm³/mol. The van der Waals surface area contributed by atoms with Crippen molar-refractivity contribution in [1.82, 2.24) is 5.32 Å². The number of nitrogens with one attached hydrogen (secondary N) is 1. The number of carboxylic acid groups (broad SMARTS) is 1. The van der Waals surface area contributed by atoms with E-state index in [-0.39, 0.29) is 11.8 Å². The predicted octanol–water partition coefficient (Wildman–Crippen LogP) is 2.79. The highest BCUT2D eigenvalue weighted by Gasteiger charge is 2.41. The largest absolute Gasteiger partial charge is 0.480 e. The van der Waals surface area contributed by atoms with Crippen LogP contribution in [0.4, 0.5) is 0 Å². The highest BCUT2D eigenvalue weighted by atomic mass is 32.2. The Morgan fingerprint density at radius 3 is 2.48 bits per heavy atom. The van der Waals surface area contributed by atoms with Crippen LogP contribution in [0, 0.1) is 6.92 Å². The number of aryl methyl sites for hydroxylation is 1. The molecule has 116 valence electrons. The lowest BCUT2D eigenvalue weighted by Gasteiger charge is -2.33. The van der Waals surface area contributed by atoms with Crippen molar-refractivity contribution in [3.63, 3.8) is 0 Å². The van der Waals surface area contributed by atoms with Crippen molar-refractivity contribution in [2.45, 2.75) is 45.1 Å². The molecule has 1 saturated heterocycles. The minimum atomic E-state index is -1.15. The minimum absolute atomic E-state index is 0.185. The molecule has 0 bridgehead atoms. The highest BCUT2D eigenvalue weighted by molar-refractivity contribution is 7.99. The van der Waals surface area contributed by atoms with Gasteiger partial charge in [-0.15, -0.1) is 0 Å². The van der Waals surface area contributed by atoms with Crippen molar-refractivity contribution in [3.8, 4) is 0 Å². The van der Waals surface area contributed by atoms with Gasteiger partial charge in [-0.1, -0.05) is 13.8 Å². The van der Waals surface area contributed by atoms with Crippen molar-refractivity contribution in [2.75, 3.05) is 11.5 Å². The van der Waals surface area contributed by atoms with Crippen LogP contribution in [0.2, 0.25) is 0 Å². The van der Waals surface area contributed by atoms with Crippen LogP contribution in [0.3, 0.4) is 0 Å². The first kappa shape index (κ1) is 15.9. The third kappa shape index (κ3) is 3.26. The second kappa shape index (κ2) is 6.13. The van der Waals surface area contributed by atoms with Crippen molar-refractivity contribution in [3.05, 3.63) is 23.2 Å². The zero-order valence-corrected chi connectivity index (χ0v) is 13.4. The molecule has 1 fully saturated rings. The zero-order valence-electron chi connectivity index (χ0n) is 12.6. The van der Waals surface area contributed by atoms with Gasteiger partial charge in [0.15, 0.2) is 0 Å². The number of carboxylic acids is 1. The van der Waals surface area contributed by atoms with Crippen molar-refractivity contribution in [1.29, 1.82) is 0 Å². The smallest absolute Gasteiger partial charge is 0.329 e. The van der Waals surface area contributed by atoms with Gasteiger partial charge in [-0.2, -0.15) is 11.8 Å². The van der Waals surface area contributed by atoms with Crippen LogP contribution in [-0.2, 0) is 4.79 Å². The Morgan fingerprint density at radius 1 is 1.38 bits per heavy atom. The monoisotopic (exact) mass is 311 g/mol. The van der Waals surface area contributed by atoms with E-state index < -0.39 is 11.5 Å². The number of aliphatic carboxylic acids is 1. The van der Waals surface area contributed by atoms with Crippen LogP contribution < -0.4 is 5.32 Å². The Morgan fingerprint density at radius 2 is 2.00 bits per heavy atom. The molecule has 0 radical (unpaired) electrons. The molecule has 1 amide bonds. The molecule has 0 spiro atoms. The summed E-state index contributed by atoms with van der Waals surface area (Å²) in [4.78, 5) is 24.0. The van der Waals surface area contributed by atoms with E-state index in [1.807, 2.05) is 13.8 Å². The molecular weight excluding hydrogens is 290 g/mol. The molecule has 1 aromatic heterocycles. The Balaban J connectivity index is 2.21. The number of carbonyl (C=O) groups excluding carboxylic acids is 1. The topological polar surface area (TPSA) is 79.5 Å². The molecule has 0 atom stereocenters. The molecule has 2 N–H and O–H groups in total.